The molecule has 1 aliphatic heterocycles. The van der Waals surface area contributed by atoms with Crippen LogP contribution in [-0.2, 0) is 14.3 Å². The molecule has 0 aromatic carbocycles. The van der Waals surface area contributed by atoms with Gasteiger partial charge in [0.05, 0.1) is 0 Å². The maximum Gasteiger partial charge on any atom is 0.351 e. The molecule has 0 aromatic heterocycles. The molecule has 4 heteroatoms. The van der Waals surface area contributed by atoms with Gasteiger partial charge in [-0.25, -0.2) is 4.79 Å². The Morgan fingerprint density at radius 1 is 1.27 bits per heavy atom. The fourth-order valence-corrected chi connectivity index (χ4v) is 1.72. The van der Waals surface area contributed by atoms with Crippen LogP contribution in [0.2, 0.25) is 0 Å². The molecular weight excluding hydrogens is 194 g/mol. The zero-order valence-electron chi connectivity index (χ0n) is 10.1. The highest BCUT2D eigenvalue weighted by molar-refractivity contribution is 5.74. The van der Waals surface area contributed by atoms with Gasteiger partial charge in [-0.1, -0.05) is 0 Å². The number of likely N-dealkylation sites (tertiary alicyclic amines) is 1. The van der Waals surface area contributed by atoms with Crippen molar-refractivity contribution in [2.24, 2.45) is 0 Å². The van der Waals surface area contributed by atoms with Crippen LogP contribution < -0.4 is 0 Å². The van der Waals surface area contributed by atoms with E-state index in [1.54, 1.807) is 7.11 Å². The standard InChI is InChI=1S/C11H21NO3/c1-11(2,3)15-10(13)9(14-4)12-7-5-6-8-12/h9H,5-8H2,1-4H3/t9-/m1/s1. The number of rotatable bonds is 3. The predicted octanol–water partition coefficient (Wildman–Crippen LogP) is 1.40. The second-order valence-electron chi connectivity index (χ2n) is 4.86. The van der Waals surface area contributed by atoms with E-state index in [0.29, 0.717) is 0 Å². The molecule has 1 saturated heterocycles. The minimum absolute atomic E-state index is 0.285. The number of carbonyl (C=O) groups excluding carboxylic acids is 1. The summed E-state index contributed by atoms with van der Waals surface area (Å²) in [6.07, 6.45) is 1.72. The molecule has 0 unspecified atom stereocenters. The van der Waals surface area contributed by atoms with E-state index in [-0.39, 0.29) is 5.97 Å². The molecule has 1 atom stereocenters. The first kappa shape index (κ1) is 12.5. The van der Waals surface area contributed by atoms with Crippen LogP contribution in [0.1, 0.15) is 33.6 Å². The average Bonchev–Trinajstić information content (AvgIpc) is 2.54. The van der Waals surface area contributed by atoms with Crippen LogP contribution in [0.25, 0.3) is 0 Å². The van der Waals surface area contributed by atoms with Gasteiger partial charge in [-0.05, 0) is 33.6 Å². The summed E-state index contributed by atoms with van der Waals surface area (Å²) < 4.78 is 10.5. The smallest absolute Gasteiger partial charge is 0.351 e. The molecule has 88 valence electrons. The maximum atomic E-state index is 11.8. The molecule has 0 bridgehead atoms. The number of carbonyl (C=O) groups is 1. The summed E-state index contributed by atoms with van der Waals surface area (Å²) >= 11 is 0. The number of methoxy groups -OCH3 is 1. The monoisotopic (exact) mass is 215 g/mol. The average molecular weight is 215 g/mol. The Bertz CT molecular complexity index is 216. The zero-order chi connectivity index (χ0) is 11.5. The highest BCUT2D eigenvalue weighted by atomic mass is 16.6. The Morgan fingerprint density at radius 2 is 1.80 bits per heavy atom. The summed E-state index contributed by atoms with van der Waals surface area (Å²) in [5, 5.41) is 0. The Morgan fingerprint density at radius 3 is 2.20 bits per heavy atom. The third-order valence-electron chi connectivity index (χ3n) is 2.30. The molecular formula is C11H21NO3. The topological polar surface area (TPSA) is 38.8 Å². The Hall–Kier alpha value is -0.610. The van der Waals surface area contributed by atoms with E-state index in [2.05, 4.69) is 0 Å². The number of hydrogen-bond donors (Lipinski definition) is 0. The Kier molecular flexibility index (Phi) is 4.11. The van der Waals surface area contributed by atoms with Gasteiger partial charge >= 0.3 is 5.97 Å². The van der Waals surface area contributed by atoms with E-state index >= 15 is 0 Å². The van der Waals surface area contributed by atoms with Gasteiger partial charge in [0.15, 0.2) is 0 Å². The fraction of sp³-hybridized carbons (Fsp3) is 0.909. The van der Waals surface area contributed by atoms with Crippen molar-refractivity contribution in [2.45, 2.75) is 45.4 Å². The van der Waals surface area contributed by atoms with Gasteiger partial charge in [0.25, 0.3) is 0 Å². The Balaban J connectivity index is 2.53. The fourth-order valence-electron chi connectivity index (χ4n) is 1.72. The van der Waals surface area contributed by atoms with Crippen molar-refractivity contribution < 1.29 is 14.3 Å². The Labute approximate surface area is 91.5 Å². The third kappa shape index (κ3) is 3.80. The molecule has 1 aliphatic rings. The minimum atomic E-state index is -0.535. The molecule has 1 heterocycles. The SMILES string of the molecule is CO[C@H](C(=O)OC(C)(C)C)N1CCCC1. The summed E-state index contributed by atoms with van der Waals surface area (Å²) in [5.41, 5.74) is -0.451. The summed E-state index contributed by atoms with van der Waals surface area (Å²) in [7, 11) is 1.55. The first-order valence-electron chi connectivity index (χ1n) is 5.44. The van der Waals surface area contributed by atoms with Crippen molar-refractivity contribution in [3.05, 3.63) is 0 Å². The van der Waals surface area contributed by atoms with Gasteiger partial charge in [-0.2, -0.15) is 0 Å². The van der Waals surface area contributed by atoms with E-state index < -0.39 is 11.8 Å². The van der Waals surface area contributed by atoms with Crippen LogP contribution >= 0.6 is 0 Å². The molecule has 4 nitrogen and oxygen atoms in total. The quantitative estimate of drug-likeness (QED) is 0.667. The van der Waals surface area contributed by atoms with Crippen LogP contribution in [-0.4, -0.2) is 42.9 Å². The molecule has 0 aromatic rings. The van der Waals surface area contributed by atoms with Gasteiger partial charge < -0.3 is 9.47 Å². The van der Waals surface area contributed by atoms with Gasteiger partial charge in [0.2, 0.25) is 6.23 Å². The molecule has 0 amide bonds. The van der Waals surface area contributed by atoms with Crippen LogP contribution in [0.4, 0.5) is 0 Å². The number of ether oxygens (including phenoxy) is 2. The van der Waals surface area contributed by atoms with Crippen molar-refractivity contribution in [1.82, 2.24) is 4.90 Å². The molecule has 0 saturated carbocycles. The minimum Gasteiger partial charge on any atom is -0.457 e. The number of esters is 1. The van der Waals surface area contributed by atoms with Crippen LogP contribution in [0.3, 0.4) is 0 Å². The van der Waals surface area contributed by atoms with Crippen molar-refractivity contribution in [1.29, 1.82) is 0 Å². The maximum absolute atomic E-state index is 11.8. The van der Waals surface area contributed by atoms with Crippen molar-refractivity contribution >= 4 is 5.97 Å². The lowest BCUT2D eigenvalue weighted by molar-refractivity contribution is -0.178. The molecule has 0 radical (unpaired) electrons. The largest absolute Gasteiger partial charge is 0.457 e. The lowest BCUT2D eigenvalue weighted by Crippen LogP contribution is -2.44. The van der Waals surface area contributed by atoms with E-state index in [1.807, 2.05) is 25.7 Å². The molecule has 1 fully saturated rings. The van der Waals surface area contributed by atoms with Crippen molar-refractivity contribution in [2.75, 3.05) is 20.2 Å². The van der Waals surface area contributed by atoms with Gasteiger partial charge in [0, 0.05) is 20.2 Å². The van der Waals surface area contributed by atoms with Gasteiger partial charge in [-0.3, -0.25) is 4.90 Å². The second kappa shape index (κ2) is 4.94. The van der Waals surface area contributed by atoms with Gasteiger partial charge in [0.1, 0.15) is 5.60 Å². The number of nitrogens with zero attached hydrogens (tertiary/aromatic N) is 1. The number of hydrogen-bond acceptors (Lipinski definition) is 4. The normalized spacial score (nSPS) is 20.3. The van der Waals surface area contributed by atoms with E-state index in [1.165, 1.54) is 0 Å². The first-order chi connectivity index (χ1) is 6.94. The highest BCUT2D eigenvalue weighted by Gasteiger charge is 2.31. The predicted molar refractivity (Wildman–Crippen MR) is 57.4 cm³/mol. The molecule has 0 spiro atoms. The lowest BCUT2D eigenvalue weighted by atomic mass is 10.2. The van der Waals surface area contributed by atoms with E-state index in [0.717, 1.165) is 25.9 Å². The van der Waals surface area contributed by atoms with Crippen molar-refractivity contribution in [3.63, 3.8) is 0 Å². The molecule has 0 aliphatic carbocycles. The van der Waals surface area contributed by atoms with Crippen LogP contribution in [0.15, 0.2) is 0 Å². The molecule has 15 heavy (non-hydrogen) atoms. The summed E-state index contributed by atoms with van der Waals surface area (Å²) in [5.74, 6) is -0.285. The van der Waals surface area contributed by atoms with Crippen LogP contribution in [0.5, 0.6) is 0 Å². The van der Waals surface area contributed by atoms with E-state index in [4.69, 9.17) is 9.47 Å². The summed E-state index contributed by atoms with van der Waals surface area (Å²) in [6, 6.07) is 0. The lowest BCUT2D eigenvalue weighted by Gasteiger charge is -2.28. The van der Waals surface area contributed by atoms with Crippen LogP contribution in [0, 0.1) is 0 Å². The van der Waals surface area contributed by atoms with Gasteiger partial charge in [-0.15, -0.1) is 0 Å². The summed E-state index contributed by atoms with van der Waals surface area (Å²) in [6.45, 7) is 7.42. The zero-order valence-corrected chi connectivity index (χ0v) is 10.1. The van der Waals surface area contributed by atoms with E-state index in [9.17, 15) is 4.79 Å². The third-order valence-corrected chi connectivity index (χ3v) is 2.30. The molecule has 1 rings (SSSR count). The summed E-state index contributed by atoms with van der Waals surface area (Å²) in [4.78, 5) is 13.8. The second-order valence-corrected chi connectivity index (χ2v) is 4.86. The first-order valence-corrected chi connectivity index (χ1v) is 5.44. The molecule has 0 N–H and O–H groups in total. The van der Waals surface area contributed by atoms with Crippen molar-refractivity contribution in [3.8, 4) is 0 Å². The highest BCUT2D eigenvalue weighted by Crippen LogP contribution is 2.16.